The van der Waals surface area contributed by atoms with E-state index in [1.54, 1.807) is 29.7 Å². The second-order valence-electron chi connectivity index (χ2n) is 6.32. The number of H-pyrrole nitrogens is 1. The number of imidazole rings is 1. The fourth-order valence-corrected chi connectivity index (χ4v) is 4.15. The van der Waals surface area contributed by atoms with Crippen molar-refractivity contribution >= 4 is 34.3 Å². The molecular formula is C17H17N7OS. The van der Waals surface area contributed by atoms with Crippen molar-refractivity contribution in [1.29, 1.82) is 0 Å². The molecule has 26 heavy (non-hydrogen) atoms. The third kappa shape index (κ3) is 2.60. The Labute approximate surface area is 153 Å². The van der Waals surface area contributed by atoms with Crippen molar-refractivity contribution in [3.05, 3.63) is 35.0 Å². The molecule has 4 aromatic rings. The summed E-state index contributed by atoms with van der Waals surface area (Å²) in [5.74, 6) is 2.58. The molecule has 5 rings (SSSR count). The van der Waals surface area contributed by atoms with Gasteiger partial charge >= 0.3 is 0 Å². The van der Waals surface area contributed by atoms with Crippen LogP contribution in [0.15, 0.2) is 34.4 Å². The minimum atomic E-state index is 0.345. The van der Waals surface area contributed by atoms with E-state index in [4.69, 9.17) is 10.2 Å². The van der Waals surface area contributed by atoms with E-state index in [1.165, 1.54) is 5.01 Å². The number of aromatic nitrogens is 5. The number of furan rings is 1. The number of nitrogens with two attached hydrogens (primary N) is 1. The summed E-state index contributed by atoms with van der Waals surface area (Å²) in [4.78, 5) is 23.5. The maximum atomic E-state index is 6.11. The average Bonchev–Trinajstić information content (AvgIpc) is 3.42. The van der Waals surface area contributed by atoms with Gasteiger partial charge in [0.25, 0.3) is 0 Å². The molecule has 0 aromatic carbocycles. The van der Waals surface area contributed by atoms with Gasteiger partial charge in [-0.2, -0.15) is 0 Å². The van der Waals surface area contributed by atoms with Crippen LogP contribution in [-0.4, -0.2) is 38.0 Å². The van der Waals surface area contributed by atoms with Gasteiger partial charge in [-0.05, 0) is 25.0 Å². The third-order valence-corrected chi connectivity index (χ3v) is 5.56. The number of aromatic amines is 1. The second kappa shape index (κ2) is 6.10. The molecular weight excluding hydrogens is 350 g/mol. The Balaban J connectivity index is 1.48. The van der Waals surface area contributed by atoms with E-state index in [2.05, 4.69) is 29.8 Å². The summed E-state index contributed by atoms with van der Waals surface area (Å²) in [6.45, 7) is 1.83. The van der Waals surface area contributed by atoms with Gasteiger partial charge in [-0.1, -0.05) is 0 Å². The molecule has 5 heterocycles. The van der Waals surface area contributed by atoms with Crippen molar-refractivity contribution in [3.8, 4) is 11.6 Å². The Morgan fingerprint density at radius 3 is 3.08 bits per heavy atom. The monoisotopic (exact) mass is 367 g/mol. The number of fused-ring (bicyclic) bond motifs is 1. The van der Waals surface area contributed by atoms with Crippen LogP contribution in [0.2, 0.25) is 0 Å². The number of rotatable bonds is 3. The van der Waals surface area contributed by atoms with E-state index in [1.807, 2.05) is 11.6 Å². The van der Waals surface area contributed by atoms with Gasteiger partial charge in [0, 0.05) is 30.6 Å². The average molecular weight is 367 g/mol. The standard InChI is InChI=1S/C17H17N7OS/c18-13-12-15(22-14(21-13)11-4-2-7-25-11)23-17(20-12)24-6-1-3-10(9-24)16-19-5-8-26-16/h2,4-5,7-8,10H,1,3,6,9H2,(H3,18,20,21,22,23). The quantitative estimate of drug-likeness (QED) is 0.572. The lowest BCUT2D eigenvalue weighted by atomic mass is 9.99. The number of nitrogen functional groups attached to an aromatic ring is 1. The summed E-state index contributed by atoms with van der Waals surface area (Å²) in [7, 11) is 0. The van der Waals surface area contributed by atoms with Crippen LogP contribution in [0.25, 0.3) is 22.7 Å². The van der Waals surface area contributed by atoms with Gasteiger partial charge in [-0.25, -0.2) is 19.9 Å². The van der Waals surface area contributed by atoms with Crippen LogP contribution in [0.3, 0.4) is 0 Å². The predicted octanol–water partition coefficient (Wildman–Crippen LogP) is 3.04. The van der Waals surface area contributed by atoms with Crippen molar-refractivity contribution in [2.45, 2.75) is 18.8 Å². The van der Waals surface area contributed by atoms with E-state index < -0.39 is 0 Å². The van der Waals surface area contributed by atoms with Gasteiger partial charge in [0.05, 0.1) is 11.3 Å². The normalized spacial score (nSPS) is 17.8. The van der Waals surface area contributed by atoms with Gasteiger partial charge in [0.2, 0.25) is 5.95 Å². The molecule has 0 radical (unpaired) electrons. The van der Waals surface area contributed by atoms with Gasteiger partial charge in [-0.15, -0.1) is 11.3 Å². The zero-order valence-electron chi connectivity index (χ0n) is 13.9. The van der Waals surface area contributed by atoms with Crippen LogP contribution in [0, 0.1) is 0 Å². The molecule has 3 N–H and O–H groups in total. The van der Waals surface area contributed by atoms with Crippen LogP contribution in [0.1, 0.15) is 23.8 Å². The molecule has 1 fully saturated rings. The summed E-state index contributed by atoms with van der Waals surface area (Å²) in [6, 6.07) is 3.60. The first-order valence-corrected chi connectivity index (χ1v) is 9.37. The largest absolute Gasteiger partial charge is 0.461 e. The minimum absolute atomic E-state index is 0.345. The summed E-state index contributed by atoms with van der Waals surface area (Å²) >= 11 is 1.71. The summed E-state index contributed by atoms with van der Waals surface area (Å²) < 4.78 is 5.37. The topological polar surface area (TPSA) is 110 Å². The molecule has 132 valence electrons. The number of piperidine rings is 1. The van der Waals surface area contributed by atoms with Crippen LogP contribution < -0.4 is 10.6 Å². The molecule has 9 heteroatoms. The first-order chi connectivity index (χ1) is 12.8. The second-order valence-corrected chi connectivity index (χ2v) is 7.25. The molecule has 0 amide bonds. The smallest absolute Gasteiger partial charge is 0.205 e. The highest BCUT2D eigenvalue weighted by molar-refractivity contribution is 7.09. The van der Waals surface area contributed by atoms with Crippen molar-refractivity contribution in [1.82, 2.24) is 24.9 Å². The molecule has 0 saturated carbocycles. The Hall–Kier alpha value is -2.94. The zero-order valence-corrected chi connectivity index (χ0v) is 14.7. The number of nitrogens with one attached hydrogen (secondary N) is 1. The first-order valence-electron chi connectivity index (χ1n) is 8.49. The summed E-state index contributed by atoms with van der Waals surface area (Å²) in [6.07, 6.45) is 5.70. The first kappa shape index (κ1) is 15.3. The predicted molar refractivity (Wildman–Crippen MR) is 100 cm³/mol. The van der Waals surface area contributed by atoms with E-state index in [-0.39, 0.29) is 0 Å². The molecule has 1 saturated heterocycles. The van der Waals surface area contributed by atoms with Crippen molar-refractivity contribution < 1.29 is 4.42 Å². The lowest BCUT2D eigenvalue weighted by Gasteiger charge is -2.31. The van der Waals surface area contributed by atoms with Gasteiger partial charge in [0.15, 0.2) is 28.6 Å². The maximum Gasteiger partial charge on any atom is 0.205 e. The maximum absolute atomic E-state index is 6.11. The molecule has 1 unspecified atom stereocenters. The highest BCUT2D eigenvalue weighted by atomic mass is 32.1. The van der Waals surface area contributed by atoms with E-state index >= 15 is 0 Å². The van der Waals surface area contributed by atoms with Gasteiger partial charge in [0.1, 0.15) is 0 Å². The number of anilines is 2. The lowest BCUT2D eigenvalue weighted by molar-refractivity contribution is 0.503. The van der Waals surface area contributed by atoms with Crippen LogP contribution in [0.4, 0.5) is 11.8 Å². The van der Waals surface area contributed by atoms with Crippen LogP contribution in [-0.2, 0) is 0 Å². The van der Waals surface area contributed by atoms with Crippen molar-refractivity contribution in [2.24, 2.45) is 0 Å². The Kier molecular flexibility index (Phi) is 3.59. The zero-order chi connectivity index (χ0) is 17.5. The minimum Gasteiger partial charge on any atom is -0.461 e. The molecule has 4 aromatic heterocycles. The molecule has 1 aliphatic heterocycles. The summed E-state index contributed by atoms with van der Waals surface area (Å²) in [5, 5.41) is 3.22. The number of hydrogen-bond acceptors (Lipinski definition) is 8. The van der Waals surface area contributed by atoms with Crippen molar-refractivity contribution in [2.75, 3.05) is 23.7 Å². The van der Waals surface area contributed by atoms with Crippen LogP contribution >= 0.6 is 11.3 Å². The number of hydrogen-bond donors (Lipinski definition) is 2. The van der Waals surface area contributed by atoms with Gasteiger partial charge < -0.3 is 20.0 Å². The van der Waals surface area contributed by atoms with E-state index in [9.17, 15) is 0 Å². The fraction of sp³-hybridized carbons (Fsp3) is 0.294. The Morgan fingerprint density at radius 1 is 1.31 bits per heavy atom. The molecule has 1 aliphatic rings. The Morgan fingerprint density at radius 2 is 2.27 bits per heavy atom. The van der Waals surface area contributed by atoms with E-state index in [0.29, 0.717) is 34.5 Å². The molecule has 8 nitrogen and oxygen atoms in total. The Bertz CT molecular complexity index is 1030. The fourth-order valence-electron chi connectivity index (χ4n) is 3.38. The lowest BCUT2D eigenvalue weighted by Crippen LogP contribution is -2.35. The molecule has 0 spiro atoms. The highest BCUT2D eigenvalue weighted by Gasteiger charge is 2.25. The highest BCUT2D eigenvalue weighted by Crippen LogP contribution is 2.31. The molecule has 0 aliphatic carbocycles. The SMILES string of the molecule is Nc1nc(-c2ccco2)nc2[nH]c(N3CCCC(c4nccs4)C3)nc12. The third-order valence-electron chi connectivity index (χ3n) is 4.62. The number of nitrogens with zero attached hydrogens (tertiary/aromatic N) is 5. The molecule has 0 bridgehead atoms. The molecule has 1 atom stereocenters. The summed E-state index contributed by atoms with van der Waals surface area (Å²) in [5.41, 5.74) is 7.32. The number of thiazole rings is 1. The van der Waals surface area contributed by atoms with Crippen molar-refractivity contribution in [3.63, 3.8) is 0 Å². The van der Waals surface area contributed by atoms with E-state index in [0.717, 1.165) is 31.9 Å². The van der Waals surface area contributed by atoms with Crippen LogP contribution in [0.5, 0.6) is 0 Å². The van der Waals surface area contributed by atoms with Gasteiger partial charge in [-0.3, -0.25) is 0 Å².